The highest BCUT2D eigenvalue weighted by molar-refractivity contribution is 5.82. The number of carbonyl (C=O) groups excluding carboxylic acids is 2. The molecule has 1 heterocycles. The Morgan fingerprint density at radius 2 is 1.93 bits per heavy atom. The molecule has 8 heteroatoms. The van der Waals surface area contributed by atoms with Crippen LogP contribution in [0.5, 0.6) is 0 Å². The molecule has 0 atom stereocenters. The van der Waals surface area contributed by atoms with Gasteiger partial charge in [-0.1, -0.05) is 54.8 Å². The fourth-order valence-corrected chi connectivity index (χ4v) is 3.29. The fraction of sp³-hybridized carbons (Fsp3) is 0.474. The van der Waals surface area contributed by atoms with E-state index in [1.165, 1.54) is 0 Å². The maximum absolute atomic E-state index is 12.4. The quantitative estimate of drug-likeness (QED) is 0.807. The number of nitrogens with one attached hydrogen (secondary N) is 2. The van der Waals surface area contributed by atoms with Crippen LogP contribution < -0.4 is 10.6 Å². The number of alkyl carbamates (subject to hydrolysis) is 1. The standard InChI is InChI=1S/C19H24N4O4/c1-14-21-17(23-27-14)19(10-6-3-7-11-19)22-16(24)12-20-18(25)26-13-15-8-4-2-5-9-15/h2,4-5,8-9H,3,6-7,10-13H2,1H3,(H,20,25)(H,22,24). The van der Waals surface area contributed by atoms with Crippen LogP contribution in [0.3, 0.4) is 0 Å². The summed E-state index contributed by atoms with van der Waals surface area (Å²) < 4.78 is 10.2. The maximum atomic E-state index is 12.4. The molecule has 2 aromatic rings. The first-order chi connectivity index (χ1) is 13.1. The van der Waals surface area contributed by atoms with Gasteiger partial charge in [0.2, 0.25) is 11.8 Å². The molecule has 1 aliphatic carbocycles. The number of carbonyl (C=O) groups is 2. The van der Waals surface area contributed by atoms with E-state index in [0.717, 1.165) is 37.7 Å². The number of ether oxygens (including phenoxy) is 1. The summed E-state index contributed by atoms with van der Waals surface area (Å²) in [4.78, 5) is 28.5. The van der Waals surface area contributed by atoms with Crippen molar-refractivity contribution in [1.82, 2.24) is 20.8 Å². The SMILES string of the molecule is Cc1nc(C2(NC(=O)CNC(=O)OCc3ccccc3)CCCCC2)no1. The molecule has 3 rings (SSSR count). The molecule has 27 heavy (non-hydrogen) atoms. The third-order valence-electron chi connectivity index (χ3n) is 4.65. The van der Waals surface area contributed by atoms with Gasteiger partial charge in [-0.3, -0.25) is 4.79 Å². The van der Waals surface area contributed by atoms with Crippen molar-refractivity contribution in [3.8, 4) is 0 Å². The van der Waals surface area contributed by atoms with Crippen molar-refractivity contribution < 1.29 is 18.8 Å². The Morgan fingerprint density at radius 3 is 2.59 bits per heavy atom. The number of benzene rings is 1. The van der Waals surface area contributed by atoms with Gasteiger partial charge in [-0.2, -0.15) is 4.98 Å². The molecule has 2 N–H and O–H groups in total. The zero-order valence-corrected chi connectivity index (χ0v) is 15.4. The van der Waals surface area contributed by atoms with Gasteiger partial charge in [-0.05, 0) is 18.4 Å². The van der Waals surface area contributed by atoms with Crippen molar-refractivity contribution in [2.24, 2.45) is 0 Å². The normalized spacial score (nSPS) is 15.7. The summed E-state index contributed by atoms with van der Waals surface area (Å²) in [7, 11) is 0. The van der Waals surface area contributed by atoms with Crippen LogP contribution >= 0.6 is 0 Å². The van der Waals surface area contributed by atoms with Crippen LogP contribution in [0, 0.1) is 6.92 Å². The van der Waals surface area contributed by atoms with E-state index in [1.807, 2.05) is 30.3 Å². The summed E-state index contributed by atoms with van der Waals surface area (Å²) in [6.45, 7) is 1.70. The molecule has 1 aliphatic rings. The second-order valence-electron chi connectivity index (χ2n) is 6.74. The second kappa shape index (κ2) is 8.66. The first-order valence-electron chi connectivity index (χ1n) is 9.14. The number of aryl methyl sites for hydroxylation is 1. The third-order valence-corrected chi connectivity index (χ3v) is 4.65. The Bertz CT molecular complexity index is 769. The van der Waals surface area contributed by atoms with Gasteiger partial charge in [0.05, 0.1) is 0 Å². The molecular weight excluding hydrogens is 348 g/mol. The Morgan fingerprint density at radius 1 is 1.19 bits per heavy atom. The topological polar surface area (TPSA) is 106 Å². The average Bonchev–Trinajstić information content (AvgIpc) is 3.13. The van der Waals surface area contributed by atoms with Gasteiger partial charge in [-0.15, -0.1) is 0 Å². The van der Waals surface area contributed by atoms with Gasteiger partial charge in [0.25, 0.3) is 0 Å². The van der Waals surface area contributed by atoms with Crippen molar-refractivity contribution in [2.45, 2.75) is 51.2 Å². The maximum Gasteiger partial charge on any atom is 0.407 e. The van der Waals surface area contributed by atoms with Crippen molar-refractivity contribution in [3.63, 3.8) is 0 Å². The predicted octanol–water partition coefficient (Wildman–Crippen LogP) is 2.58. The molecule has 1 aromatic carbocycles. The zero-order valence-electron chi connectivity index (χ0n) is 15.4. The zero-order chi connectivity index (χ0) is 19.1. The lowest BCUT2D eigenvalue weighted by Gasteiger charge is -2.35. The molecule has 144 valence electrons. The van der Waals surface area contributed by atoms with Gasteiger partial charge in [0.1, 0.15) is 18.7 Å². The van der Waals surface area contributed by atoms with Gasteiger partial charge in [-0.25, -0.2) is 4.79 Å². The van der Waals surface area contributed by atoms with Crippen molar-refractivity contribution in [2.75, 3.05) is 6.54 Å². The molecule has 8 nitrogen and oxygen atoms in total. The van der Waals surface area contributed by atoms with E-state index in [0.29, 0.717) is 11.7 Å². The number of hydrogen-bond acceptors (Lipinski definition) is 6. The highest BCUT2D eigenvalue weighted by atomic mass is 16.5. The summed E-state index contributed by atoms with van der Waals surface area (Å²) >= 11 is 0. The minimum Gasteiger partial charge on any atom is -0.445 e. The fourth-order valence-electron chi connectivity index (χ4n) is 3.29. The first kappa shape index (κ1) is 18.9. The van der Waals surface area contributed by atoms with Gasteiger partial charge in [0, 0.05) is 6.92 Å². The molecule has 0 spiro atoms. The number of rotatable bonds is 6. The summed E-state index contributed by atoms with van der Waals surface area (Å²) in [6, 6.07) is 9.35. The number of nitrogens with zero attached hydrogens (tertiary/aromatic N) is 2. The van der Waals surface area contributed by atoms with E-state index < -0.39 is 11.6 Å². The van der Waals surface area contributed by atoms with E-state index in [1.54, 1.807) is 6.92 Å². The smallest absolute Gasteiger partial charge is 0.407 e. The minimum absolute atomic E-state index is 0.153. The Balaban J connectivity index is 1.51. The lowest BCUT2D eigenvalue weighted by molar-refractivity contribution is -0.122. The van der Waals surface area contributed by atoms with E-state index in [4.69, 9.17) is 9.26 Å². The molecule has 1 fully saturated rings. The van der Waals surface area contributed by atoms with Crippen LogP contribution in [0.2, 0.25) is 0 Å². The van der Waals surface area contributed by atoms with Crippen LogP contribution in [0.4, 0.5) is 4.79 Å². The molecule has 0 saturated heterocycles. The van der Waals surface area contributed by atoms with E-state index in [-0.39, 0.29) is 19.1 Å². The van der Waals surface area contributed by atoms with Gasteiger partial charge < -0.3 is 19.9 Å². The number of aromatic nitrogens is 2. The van der Waals surface area contributed by atoms with Crippen LogP contribution in [0.1, 0.15) is 49.4 Å². The largest absolute Gasteiger partial charge is 0.445 e. The molecule has 1 aromatic heterocycles. The highest BCUT2D eigenvalue weighted by Gasteiger charge is 2.39. The molecule has 2 amide bonds. The van der Waals surface area contributed by atoms with E-state index in [9.17, 15) is 9.59 Å². The van der Waals surface area contributed by atoms with E-state index >= 15 is 0 Å². The molecule has 1 saturated carbocycles. The first-order valence-corrected chi connectivity index (χ1v) is 9.14. The lowest BCUT2D eigenvalue weighted by atomic mass is 9.81. The Labute approximate surface area is 157 Å². The summed E-state index contributed by atoms with van der Waals surface area (Å²) in [5, 5.41) is 9.49. The Kier molecular flexibility index (Phi) is 6.05. The molecule has 0 unspecified atom stereocenters. The molecular formula is C19H24N4O4. The van der Waals surface area contributed by atoms with Gasteiger partial charge in [0.15, 0.2) is 5.82 Å². The predicted molar refractivity (Wildman–Crippen MR) is 96.6 cm³/mol. The van der Waals surface area contributed by atoms with Crippen LogP contribution in [0.15, 0.2) is 34.9 Å². The second-order valence-corrected chi connectivity index (χ2v) is 6.74. The number of hydrogen-bond donors (Lipinski definition) is 2. The van der Waals surface area contributed by atoms with Crippen LogP contribution in [-0.2, 0) is 21.7 Å². The summed E-state index contributed by atoms with van der Waals surface area (Å²) in [5.41, 5.74) is 0.244. The van der Waals surface area contributed by atoms with Crippen molar-refractivity contribution in [1.29, 1.82) is 0 Å². The molecule has 0 aliphatic heterocycles. The van der Waals surface area contributed by atoms with Crippen molar-refractivity contribution >= 4 is 12.0 Å². The monoisotopic (exact) mass is 372 g/mol. The lowest BCUT2D eigenvalue weighted by Crippen LogP contribution is -2.51. The Hall–Kier alpha value is -2.90. The number of amides is 2. The van der Waals surface area contributed by atoms with Gasteiger partial charge >= 0.3 is 6.09 Å². The minimum atomic E-state index is -0.637. The molecule has 0 radical (unpaired) electrons. The van der Waals surface area contributed by atoms with Crippen LogP contribution in [-0.4, -0.2) is 28.7 Å². The summed E-state index contributed by atoms with van der Waals surface area (Å²) in [5.74, 6) is 0.655. The van der Waals surface area contributed by atoms with Crippen molar-refractivity contribution in [3.05, 3.63) is 47.6 Å². The van der Waals surface area contributed by atoms with E-state index in [2.05, 4.69) is 20.8 Å². The highest BCUT2D eigenvalue weighted by Crippen LogP contribution is 2.35. The average molecular weight is 372 g/mol. The summed E-state index contributed by atoms with van der Waals surface area (Å²) in [6.07, 6.45) is 3.91. The molecule has 0 bridgehead atoms. The van der Waals surface area contributed by atoms with Crippen LogP contribution in [0.25, 0.3) is 0 Å². The third kappa shape index (κ3) is 5.06.